The lowest BCUT2D eigenvalue weighted by Crippen LogP contribution is -2.03. The molecule has 0 atom stereocenters. The van der Waals surface area contributed by atoms with E-state index in [2.05, 4.69) is 36.2 Å². The van der Waals surface area contributed by atoms with Crippen LogP contribution in [0.25, 0.3) is 0 Å². The lowest BCUT2D eigenvalue weighted by molar-refractivity contribution is 1.08. The van der Waals surface area contributed by atoms with Crippen LogP contribution in [-0.4, -0.2) is 20.5 Å². The molecule has 0 bridgehead atoms. The van der Waals surface area contributed by atoms with Gasteiger partial charge in [0, 0.05) is 10.2 Å². The topological polar surface area (TPSA) is 0 Å². The normalized spacial score (nSPS) is 22.3. The molecule has 0 amide bonds. The van der Waals surface area contributed by atoms with Gasteiger partial charge in [-0.25, -0.2) is 0 Å². The predicted octanol–water partition coefficient (Wildman–Crippen LogP) is 2.76. The third-order valence-corrected chi connectivity index (χ3v) is 5.75. The third-order valence-electron chi connectivity index (χ3n) is 1.04. The molecule has 1 aliphatic rings. The quantitative estimate of drug-likeness (QED) is 0.678. The Bertz CT molecular complexity index is 66.6. The molecule has 0 nitrogen and oxygen atoms in total. The van der Waals surface area contributed by atoms with Crippen molar-refractivity contribution in [3.63, 3.8) is 0 Å². The zero-order valence-corrected chi connectivity index (χ0v) is 8.42. The number of hydrogen-bond acceptors (Lipinski definition) is 4. The standard InChI is InChI=1S/C5H10S4/c6-2-1-5-8-3-7-4-9-5/h5-6H,1-4H2. The van der Waals surface area contributed by atoms with Crippen LogP contribution < -0.4 is 0 Å². The Kier molecular flexibility index (Phi) is 4.82. The van der Waals surface area contributed by atoms with Crippen molar-refractivity contribution < 1.29 is 0 Å². The van der Waals surface area contributed by atoms with E-state index in [1.807, 2.05) is 11.8 Å². The van der Waals surface area contributed by atoms with Crippen molar-refractivity contribution >= 4 is 47.9 Å². The molecule has 0 aromatic rings. The second kappa shape index (κ2) is 5.10. The first kappa shape index (κ1) is 8.50. The zero-order chi connectivity index (χ0) is 6.53. The minimum Gasteiger partial charge on any atom is -0.179 e. The highest BCUT2D eigenvalue weighted by Gasteiger charge is 2.12. The zero-order valence-electron chi connectivity index (χ0n) is 5.08. The molecule has 0 aromatic carbocycles. The van der Waals surface area contributed by atoms with Crippen LogP contribution in [0, 0.1) is 0 Å². The van der Waals surface area contributed by atoms with Gasteiger partial charge in [-0.2, -0.15) is 12.6 Å². The van der Waals surface area contributed by atoms with E-state index in [0.717, 1.165) is 10.3 Å². The van der Waals surface area contributed by atoms with Gasteiger partial charge in [0.05, 0.1) is 4.58 Å². The van der Waals surface area contributed by atoms with E-state index < -0.39 is 0 Å². The summed E-state index contributed by atoms with van der Waals surface area (Å²) >= 11 is 10.4. The van der Waals surface area contributed by atoms with Gasteiger partial charge >= 0.3 is 0 Å². The van der Waals surface area contributed by atoms with Gasteiger partial charge in [-0.3, -0.25) is 0 Å². The van der Waals surface area contributed by atoms with E-state index in [-0.39, 0.29) is 0 Å². The lowest BCUT2D eigenvalue weighted by Gasteiger charge is -2.18. The van der Waals surface area contributed by atoms with Crippen molar-refractivity contribution in [1.29, 1.82) is 0 Å². The van der Waals surface area contributed by atoms with E-state index >= 15 is 0 Å². The largest absolute Gasteiger partial charge is 0.179 e. The maximum Gasteiger partial charge on any atom is 0.0526 e. The molecule has 9 heavy (non-hydrogen) atoms. The molecule has 1 rings (SSSR count). The highest BCUT2D eigenvalue weighted by atomic mass is 32.3. The first-order valence-corrected chi connectivity index (χ1v) is 6.74. The van der Waals surface area contributed by atoms with Gasteiger partial charge in [0.15, 0.2) is 0 Å². The van der Waals surface area contributed by atoms with Crippen LogP contribution in [0.3, 0.4) is 0 Å². The van der Waals surface area contributed by atoms with Crippen LogP contribution in [0.4, 0.5) is 0 Å². The highest BCUT2D eigenvalue weighted by Crippen LogP contribution is 2.37. The Morgan fingerprint density at radius 2 is 2.00 bits per heavy atom. The van der Waals surface area contributed by atoms with E-state index in [4.69, 9.17) is 0 Å². The summed E-state index contributed by atoms with van der Waals surface area (Å²) in [4.78, 5) is 0. The first-order valence-electron chi connectivity index (χ1n) is 2.85. The molecular weight excluding hydrogens is 188 g/mol. The van der Waals surface area contributed by atoms with Gasteiger partial charge in [0.25, 0.3) is 0 Å². The van der Waals surface area contributed by atoms with Crippen LogP contribution in [0.15, 0.2) is 0 Å². The third kappa shape index (κ3) is 3.35. The summed E-state index contributed by atoms with van der Waals surface area (Å²) in [6.45, 7) is 0. The Morgan fingerprint density at radius 3 is 2.56 bits per heavy atom. The van der Waals surface area contributed by atoms with Crippen molar-refractivity contribution in [1.82, 2.24) is 0 Å². The molecule has 0 saturated carbocycles. The number of thiol groups is 1. The first-order chi connectivity index (χ1) is 4.43. The van der Waals surface area contributed by atoms with Crippen LogP contribution >= 0.6 is 47.9 Å². The second-order valence-electron chi connectivity index (χ2n) is 1.72. The summed E-state index contributed by atoms with van der Waals surface area (Å²) in [5.74, 6) is 1.04. The monoisotopic (exact) mass is 198 g/mol. The van der Waals surface area contributed by atoms with Crippen molar-refractivity contribution in [3.8, 4) is 0 Å². The minimum atomic E-state index is 0.837. The molecule has 0 radical (unpaired) electrons. The summed E-state index contributed by atoms with van der Waals surface area (Å²) in [7, 11) is 0. The van der Waals surface area contributed by atoms with E-state index in [9.17, 15) is 0 Å². The predicted molar refractivity (Wildman–Crippen MR) is 54.8 cm³/mol. The molecular formula is C5H10S4. The van der Waals surface area contributed by atoms with Gasteiger partial charge in [-0.15, -0.1) is 35.3 Å². The fraction of sp³-hybridized carbons (Fsp3) is 1.00. The van der Waals surface area contributed by atoms with Crippen molar-refractivity contribution in [2.24, 2.45) is 0 Å². The summed E-state index contributed by atoms with van der Waals surface area (Å²) in [5.41, 5.74) is 0. The Balaban J connectivity index is 2.08. The van der Waals surface area contributed by atoms with Gasteiger partial charge in [0.2, 0.25) is 0 Å². The van der Waals surface area contributed by atoms with Crippen LogP contribution in [0.2, 0.25) is 0 Å². The van der Waals surface area contributed by atoms with Gasteiger partial charge < -0.3 is 0 Å². The Hall–Kier alpha value is 1.40. The fourth-order valence-electron chi connectivity index (χ4n) is 0.602. The molecule has 1 fully saturated rings. The molecule has 54 valence electrons. The Labute approximate surface area is 74.7 Å². The van der Waals surface area contributed by atoms with Gasteiger partial charge in [0.1, 0.15) is 0 Å². The minimum absolute atomic E-state index is 0.837. The highest BCUT2D eigenvalue weighted by molar-refractivity contribution is 8.32. The number of hydrogen-bond donors (Lipinski definition) is 1. The average molecular weight is 198 g/mol. The molecule has 1 aliphatic heterocycles. The van der Waals surface area contributed by atoms with Crippen LogP contribution in [-0.2, 0) is 0 Å². The lowest BCUT2D eigenvalue weighted by atomic mass is 10.6. The van der Waals surface area contributed by atoms with Crippen molar-refractivity contribution in [2.45, 2.75) is 11.0 Å². The van der Waals surface area contributed by atoms with E-state index in [0.29, 0.717) is 0 Å². The number of thioether (sulfide) groups is 3. The molecule has 0 aromatic heterocycles. The van der Waals surface area contributed by atoms with Crippen LogP contribution in [0.5, 0.6) is 0 Å². The van der Waals surface area contributed by atoms with Crippen molar-refractivity contribution in [3.05, 3.63) is 0 Å². The molecule has 0 spiro atoms. The summed E-state index contributed by atoms with van der Waals surface area (Å²) < 4.78 is 0.837. The average Bonchev–Trinajstić information content (AvgIpc) is 1.91. The Morgan fingerprint density at radius 1 is 1.33 bits per heavy atom. The second-order valence-corrected chi connectivity index (χ2v) is 6.56. The van der Waals surface area contributed by atoms with E-state index in [1.54, 1.807) is 0 Å². The maximum atomic E-state index is 4.20. The van der Waals surface area contributed by atoms with E-state index in [1.165, 1.54) is 16.6 Å². The number of rotatable bonds is 2. The molecule has 4 heteroatoms. The van der Waals surface area contributed by atoms with Crippen LogP contribution in [0.1, 0.15) is 6.42 Å². The summed E-state index contributed by atoms with van der Waals surface area (Å²) in [6, 6.07) is 0. The molecule has 1 heterocycles. The summed E-state index contributed by atoms with van der Waals surface area (Å²) in [5, 5.41) is 2.57. The smallest absolute Gasteiger partial charge is 0.0526 e. The molecule has 0 aliphatic carbocycles. The summed E-state index contributed by atoms with van der Waals surface area (Å²) in [6.07, 6.45) is 1.26. The molecule has 1 saturated heterocycles. The fourth-order valence-corrected chi connectivity index (χ4v) is 6.03. The molecule has 0 N–H and O–H groups in total. The van der Waals surface area contributed by atoms with Gasteiger partial charge in [-0.1, -0.05) is 0 Å². The SMILES string of the molecule is SCCC1SCSCS1. The van der Waals surface area contributed by atoms with Crippen molar-refractivity contribution in [2.75, 3.05) is 15.9 Å². The molecule has 0 unspecified atom stereocenters. The van der Waals surface area contributed by atoms with Gasteiger partial charge in [-0.05, 0) is 12.2 Å². The maximum absolute atomic E-state index is 4.20.